The number of anilines is 2. The lowest BCUT2D eigenvalue weighted by atomic mass is 9.84. The standard InChI is InChI=1S/C34H32F2N2O2/c1-4-40-34(39)32-30(37-28-17-5-22(2)6-18-28)21-31(24-9-13-26(35)14-10-24)38(29-19-7-23(3)8-20-29)33(32)25-11-15-27(36)16-12-25/h5-20,31,33,37H,4,21H2,1-3H3. The molecule has 0 spiro atoms. The molecule has 0 aliphatic carbocycles. The van der Waals surface area contributed by atoms with Gasteiger partial charge in [0.05, 0.1) is 24.3 Å². The molecule has 4 nitrogen and oxygen atoms in total. The zero-order valence-corrected chi connectivity index (χ0v) is 22.8. The average molecular weight is 539 g/mol. The molecule has 0 radical (unpaired) electrons. The second kappa shape index (κ2) is 11.7. The fourth-order valence-corrected chi connectivity index (χ4v) is 5.24. The van der Waals surface area contributed by atoms with Crippen molar-refractivity contribution in [3.8, 4) is 0 Å². The van der Waals surface area contributed by atoms with Crippen molar-refractivity contribution in [2.45, 2.75) is 39.3 Å². The van der Waals surface area contributed by atoms with Crippen molar-refractivity contribution in [2.75, 3.05) is 16.8 Å². The third-order valence-electron chi connectivity index (χ3n) is 7.22. The van der Waals surface area contributed by atoms with Gasteiger partial charge in [0.1, 0.15) is 11.6 Å². The smallest absolute Gasteiger partial charge is 0.338 e. The predicted molar refractivity (Wildman–Crippen MR) is 155 cm³/mol. The van der Waals surface area contributed by atoms with Crippen LogP contribution in [-0.2, 0) is 9.53 Å². The average Bonchev–Trinajstić information content (AvgIpc) is 2.95. The van der Waals surface area contributed by atoms with E-state index in [2.05, 4.69) is 10.2 Å². The fourth-order valence-electron chi connectivity index (χ4n) is 5.24. The van der Waals surface area contributed by atoms with Crippen molar-refractivity contribution < 1.29 is 18.3 Å². The molecule has 0 saturated heterocycles. The summed E-state index contributed by atoms with van der Waals surface area (Å²) in [5.74, 6) is -1.13. The second-order valence-electron chi connectivity index (χ2n) is 10.1. The highest BCUT2D eigenvalue weighted by Gasteiger charge is 2.41. The molecule has 0 aromatic heterocycles. The zero-order valence-electron chi connectivity index (χ0n) is 22.8. The molecule has 204 valence electrons. The number of esters is 1. The number of benzene rings is 4. The first kappa shape index (κ1) is 27.1. The monoisotopic (exact) mass is 538 g/mol. The number of nitrogens with zero attached hydrogens (tertiary/aromatic N) is 1. The van der Waals surface area contributed by atoms with Gasteiger partial charge in [0.15, 0.2) is 0 Å². The van der Waals surface area contributed by atoms with Gasteiger partial charge in [-0.3, -0.25) is 0 Å². The van der Waals surface area contributed by atoms with Gasteiger partial charge in [-0.2, -0.15) is 0 Å². The van der Waals surface area contributed by atoms with Gasteiger partial charge in [0.25, 0.3) is 0 Å². The number of hydrogen-bond donors (Lipinski definition) is 1. The molecule has 4 aromatic carbocycles. The summed E-state index contributed by atoms with van der Waals surface area (Å²) in [6.07, 6.45) is 0.430. The molecular weight excluding hydrogens is 506 g/mol. The van der Waals surface area contributed by atoms with Gasteiger partial charge in [-0.05, 0) is 80.4 Å². The lowest BCUT2D eigenvalue weighted by Crippen LogP contribution is -2.41. The summed E-state index contributed by atoms with van der Waals surface area (Å²) in [5, 5.41) is 3.50. The van der Waals surface area contributed by atoms with E-state index in [1.54, 1.807) is 31.2 Å². The molecule has 4 aromatic rings. The van der Waals surface area contributed by atoms with Crippen LogP contribution >= 0.6 is 0 Å². The van der Waals surface area contributed by atoms with Crippen molar-refractivity contribution >= 4 is 17.3 Å². The van der Waals surface area contributed by atoms with E-state index in [0.29, 0.717) is 17.7 Å². The van der Waals surface area contributed by atoms with E-state index >= 15 is 0 Å². The number of nitrogens with one attached hydrogen (secondary N) is 1. The van der Waals surface area contributed by atoms with Crippen LogP contribution < -0.4 is 10.2 Å². The summed E-state index contributed by atoms with van der Waals surface area (Å²) in [4.78, 5) is 15.9. The zero-order chi connectivity index (χ0) is 28.2. The van der Waals surface area contributed by atoms with Crippen LogP contribution in [0, 0.1) is 25.5 Å². The molecular formula is C34H32F2N2O2. The molecule has 1 heterocycles. The van der Waals surface area contributed by atoms with Crippen molar-refractivity contribution in [2.24, 2.45) is 0 Å². The minimum Gasteiger partial charge on any atom is -0.463 e. The Morgan fingerprint density at radius 2 is 1.32 bits per heavy atom. The number of halogens is 2. The predicted octanol–water partition coefficient (Wildman–Crippen LogP) is 8.20. The van der Waals surface area contributed by atoms with Crippen molar-refractivity contribution in [1.29, 1.82) is 0 Å². The van der Waals surface area contributed by atoms with Gasteiger partial charge in [-0.25, -0.2) is 13.6 Å². The van der Waals surface area contributed by atoms with Crippen LogP contribution in [0.2, 0.25) is 0 Å². The van der Waals surface area contributed by atoms with Gasteiger partial charge in [-0.1, -0.05) is 59.7 Å². The van der Waals surface area contributed by atoms with Crippen LogP contribution in [0.15, 0.2) is 108 Å². The molecule has 1 N–H and O–H groups in total. The summed E-state index contributed by atoms with van der Waals surface area (Å²) in [7, 11) is 0. The van der Waals surface area contributed by atoms with E-state index in [9.17, 15) is 13.6 Å². The maximum Gasteiger partial charge on any atom is 0.338 e. The quantitative estimate of drug-likeness (QED) is 0.241. The Labute approximate surface area is 233 Å². The van der Waals surface area contributed by atoms with Gasteiger partial charge in [0.2, 0.25) is 0 Å². The van der Waals surface area contributed by atoms with Crippen molar-refractivity contribution in [3.63, 3.8) is 0 Å². The minimum absolute atomic E-state index is 0.211. The molecule has 0 bridgehead atoms. The van der Waals surface area contributed by atoms with Crippen LogP contribution in [0.1, 0.15) is 47.7 Å². The lowest BCUT2D eigenvalue weighted by Gasteiger charge is -2.46. The third kappa shape index (κ3) is 5.76. The summed E-state index contributed by atoms with van der Waals surface area (Å²) in [6.45, 7) is 6.02. The molecule has 0 saturated carbocycles. The highest BCUT2D eigenvalue weighted by Crippen LogP contribution is 2.48. The Morgan fingerprint density at radius 1 is 0.800 bits per heavy atom. The largest absolute Gasteiger partial charge is 0.463 e. The molecule has 2 unspecified atom stereocenters. The summed E-state index contributed by atoms with van der Waals surface area (Å²) < 4.78 is 33.7. The van der Waals surface area contributed by atoms with Gasteiger partial charge in [-0.15, -0.1) is 0 Å². The topological polar surface area (TPSA) is 41.6 Å². The SMILES string of the molecule is CCOC(=O)C1=C(Nc2ccc(C)cc2)CC(c2ccc(F)cc2)N(c2ccc(C)cc2)C1c1ccc(F)cc1. The number of hydrogen-bond acceptors (Lipinski definition) is 4. The molecule has 0 fully saturated rings. The molecule has 1 aliphatic heterocycles. The first-order chi connectivity index (χ1) is 19.3. The van der Waals surface area contributed by atoms with E-state index in [0.717, 1.165) is 33.6 Å². The summed E-state index contributed by atoms with van der Waals surface area (Å²) in [5.41, 5.74) is 6.71. The highest BCUT2D eigenvalue weighted by atomic mass is 19.1. The number of carbonyl (C=O) groups is 1. The number of carbonyl (C=O) groups excluding carboxylic acids is 1. The van der Waals surface area contributed by atoms with Gasteiger partial charge < -0.3 is 15.0 Å². The van der Waals surface area contributed by atoms with E-state index < -0.39 is 12.0 Å². The number of ether oxygens (including phenoxy) is 1. The first-order valence-corrected chi connectivity index (χ1v) is 13.4. The van der Waals surface area contributed by atoms with Crippen LogP contribution in [0.3, 0.4) is 0 Å². The molecule has 2 atom stereocenters. The Kier molecular flexibility index (Phi) is 7.96. The normalized spacial score (nSPS) is 17.1. The van der Waals surface area contributed by atoms with Gasteiger partial charge >= 0.3 is 5.97 Å². The van der Waals surface area contributed by atoms with Crippen LogP contribution in [0.25, 0.3) is 0 Å². The van der Waals surface area contributed by atoms with Crippen LogP contribution in [-0.4, -0.2) is 12.6 Å². The minimum atomic E-state index is -0.612. The van der Waals surface area contributed by atoms with Crippen LogP contribution in [0.4, 0.5) is 20.2 Å². The molecule has 5 rings (SSSR count). The Balaban J connectivity index is 1.77. The van der Waals surface area contributed by atoms with Crippen molar-refractivity contribution in [1.82, 2.24) is 0 Å². The second-order valence-corrected chi connectivity index (χ2v) is 10.1. The van der Waals surface area contributed by atoms with E-state index in [1.165, 1.54) is 24.3 Å². The Hall–Kier alpha value is -4.45. The van der Waals surface area contributed by atoms with E-state index in [-0.39, 0.29) is 24.3 Å². The molecule has 1 aliphatic rings. The molecule has 0 amide bonds. The third-order valence-corrected chi connectivity index (χ3v) is 7.22. The maximum absolute atomic E-state index is 14.1. The maximum atomic E-state index is 14.1. The first-order valence-electron chi connectivity index (χ1n) is 13.4. The van der Waals surface area contributed by atoms with Crippen LogP contribution in [0.5, 0.6) is 0 Å². The number of rotatable bonds is 7. The highest BCUT2D eigenvalue weighted by molar-refractivity contribution is 5.93. The Morgan fingerprint density at radius 3 is 1.88 bits per heavy atom. The van der Waals surface area contributed by atoms with E-state index in [1.807, 2.05) is 62.4 Å². The number of aryl methyl sites for hydroxylation is 2. The molecule has 40 heavy (non-hydrogen) atoms. The van der Waals surface area contributed by atoms with E-state index in [4.69, 9.17) is 4.74 Å². The molecule has 6 heteroatoms. The summed E-state index contributed by atoms with van der Waals surface area (Å²) >= 11 is 0. The van der Waals surface area contributed by atoms with Crippen molar-refractivity contribution in [3.05, 3.63) is 142 Å². The summed E-state index contributed by atoms with van der Waals surface area (Å²) in [6, 6.07) is 27.8. The lowest BCUT2D eigenvalue weighted by molar-refractivity contribution is -0.139. The van der Waals surface area contributed by atoms with Gasteiger partial charge in [0, 0.05) is 23.5 Å². The Bertz CT molecular complexity index is 1500. The fraction of sp³-hybridized carbons (Fsp3) is 0.206.